The van der Waals surface area contributed by atoms with Gasteiger partial charge in [0.15, 0.2) is 0 Å². The lowest BCUT2D eigenvalue weighted by molar-refractivity contribution is -0.120. The number of benzene rings is 1. The number of hydrogen-bond donors (Lipinski definition) is 1. The quantitative estimate of drug-likeness (QED) is 0.890. The van der Waals surface area contributed by atoms with Gasteiger partial charge in [-0.3, -0.25) is 4.79 Å². The molecule has 0 aliphatic heterocycles. The molecule has 0 bridgehead atoms. The highest BCUT2D eigenvalue weighted by Crippen LogP contribution is 2.19. The van der Waals surface area contributed by atoms with Crippen LogP contribution in [0, 0.1) is 19.8 Å². The van der Waals surface area contributed by atoms with E-state index in [1.165, 1.54) is 0 Å². The number of hydrogen-bond acceptors (Lipinski definition) is 2. The van der Waals surface area contributed by atoms with Crippen LogP contribution >= 0.6 is 0 Å². The van der Waals surface area contributed by atoms with Gasteiger partial charge in [0.25, 0.3) is 0 Å². The Morgan fingerprint density at radius 1 is 1.28 bits per heavy atom. The third-order valence-electron chi connectivity index (χ3n) is 3.47. The number of anilines is 1. The first-order chi connectivity index (χ1) is 8.36. The molecule has 0 aliphatic rings. The predicted molar refractivity (Wildman–Crippen MR) is 76.8 cm³/mol. The summed E-state index contributed by atoms with van der Waals surface area (Å²) in [7, 11) is 1.79. The van der Waals surface area contributed by atoms with E-state index in [0.717, 1.165) is 23.2 Å². The zero-order valence-corrected chi connectivity index (χ0v) is 12.0. The summed E-state index contributed by atoms with van der Waals surface area (Å²) < 4.78 is 0. The van der Waals surface area contributed by atoms with E-state index in [2.05, 4.69) is 13.0 Å². The Kier molecular flexibility index (Phi) is 4.91. The first-order valence-corrected chi connectivity index (χ1v) is 6.48. The lowest BCUT2D eigenvalue weighted by Gasteiger charge is -2.25. The maximum absolute atomic E-state index is 12.3. The maximum Gasteiger partial charge on any atom is 0.243 e. The average molecular weight is 248 g/mol. The number of nitrogens with two attached hydrogens (primary N) is 1. The molecule has 0 heterocycles. The fraction of sp³-hybridized carbons (Fsp3) is 0.533. The minimum atomic E-state index is -0.430. The monoisotopic (exact) mass is 248 g/mol. The minimum Gasteiger partial charge on any atom is -0.320 e. The molecule has 0 saturated heterocycles. The molecule has 1 rings (SSSR count). The van der Waals surface area contributed by atoms with Crippen LogP contribution in [-0.4, -0.2) is 19.0 Å². The van der Waals surface area contributed by atoms with Crippen molar-refractivity contribution in [1.29, 1.82) is 0 Å². The molecule has 18 heavy (non-hydrogen) atoms. The fourth-order valence-electron chi connectivity index (χ4n) is 1.99. The molecule has 3 nitrogen and oxygen atoms in total. The zero-order chi connectivity index (χ0) is 13.9. The van der Waals surface area contributed by atoms with Gasteiger partial charge in [-0.25, -0.2) is 0 Å². The highest BCUT2D eigenvalue weighted by molar-refractivity contribution is 5.96. The van der Waals surface area contributed by atoms with Gasteiger partial charge < -0.3 is 10.6 Å². The van der Waals surface area contributed by atoms with Gasteiger partial charge in [-0.1, -0.05) is 26.3 Å². The van der Waals surface area contributed by atoms with Crippen LogP contribution in [0.3, 0.4) is 0 Å². The van der Waals surface area contributed by atoms with Gasteiger partial charge in [0.2, 0.25) is 5.91 Å². The van der Waals surface area contributed by atoms with E-state index in [-0.39, 0.29) is 11.8 Å². The van der Waals surface area contributed by atoms with E-state index in [1.807, 2.05) is 32.9 Å². The maximum atomic E-state index is 12.3. The van der Waals surface area contributed by atoms with Gasteiger partial charge in [0.05, 0.1) is 6.04 Å². The number of likely N-dealkylation sites (N-methyl/N-ethyl adjacent to an activating group) is 1. The summed E-state index contributed by atoms with van der Waals surface area (Å²) in [6, 6.07) is 5.68. The highest BCUT2D eigenvalue weighted by Gasteiger charge is 2.23. The molecule has 2 N–H and O–H groups in total. The summed E-state index contributed by atoms with van der Waals surface area (Å²) >= 11 is 0. The highest BCUT2D eigenvalue weighted by atomic mass is 16.2. The Hall–Kier alpha value is -1.35. The van der Waals surface area contributed by atoms with E-state index >= 15 is 0 Å². The SMILES string of the molecule is CC[C@H](C)[C@H](N)C(=O)N(C)c1cc(C)cc(C)c1. The third-order valence-corrected chi connectivity index (χ3v) is 3.47. The molecule has 0 saturated carbocycles. The minimum absolute atomic E-state index is 0.0191. The van der Waals surface area contributed by atoms with Crippen LogP contribution < -0.4 is 10.6 Å². The van der Waals surface area contributed by atoms with E-state index in [9.17, 15) is 4.79 Å². The van der Waals surface area contributed by atoms with Gasteiger partial charge in [0, 0.05) is 12.7 Å². The van der Waals surface area contributed by atoms with Crippen molar-refractivity contribution in [3.05, 3.63) is 29.3 Å². The number of amides is 1. The molecule has 0 radical (unpaired) electrons. The fourth-order valence-corrected chi connectivity index (χ4v) is 1.99. The summed E-state index contributed by atoms with van der Waals surface area (Å²) in [4.78, 5) is 13.9. The normalized spacial score (nSPS) is 14.1. The van der Waals surface area contributed by atoms with Crippen LogP contribution in [0.5, 0.6) is 0 Å². The first-order valence-electron chi connectivity index (χ1n) is 6.48. The number of nitrogens with zero attached hydrogens (tertiary/aromatic N) is 1. The average Bonchev–Trinajstić information content (AvgIpc) is 2.33. The topological polar surface area (TPSA) is 46.3 Å². The van der Waals surface area contributed by atoms with Crippen LogP contribution in [0.1, 0.15) is 31.4 Å². The van der Waals surface area contributed by atoms with Gasteiger partial charge in [0.1, 0.15) is 0 Å². The number of carbonyl (C=O) groups excluding carboxylic acids is 1. The molecule has 0 aliphatic carbocycles. The van der Waals surface area contributed by atoms with Crippen molar-refractivity contribution >= 4 is 11.6 Å². The third kappa shape index (κ3) is 3.33. The lowest BCUT2D eigenvalue weighted by atomic mass is 9.98. The summed E-state index contributed by atoms with van der Waals surface area (Å²) in [5.74, 6) is 0.181. The molecule has 1 aromatic rings. The van der Waals surface area contributed by atoms with Gasteiger partial charge in [-0.05, 0) is 43.0 Å². The molecule has 0 aromatic heterocycles. The molecule has 1 aromatic carbocycles. The lowest BCUT2D eigenvalue weighted by Crippen LogP contribution is -2.45. The molecule has 100 valence electrons. The Labute approximate surface area is 110 Å². The van der Waals surface area contributed by atoms with Crippen molar-refractivity contribution in [3.63, 3.8) is 0 Å². The molecule has 3 heteroatoms. The van der Waals surface area contributed by atoms with Crippen LogP contribution in [0.25, 0.3) is 0 Å². The second-order valence-corrected chi connectivity index (χ2v) is 5.15. The summed E-state index contributed by atoms with van der Waals surface area (Å²) in [5.41, 5.74) is 9.22. The summed E-state index contributed by atoms with van der Waals surface area (Å²) in [5, 5.41) is 0. The van der Waals surface area contributed by atoms with Gasteiger partial charge in [-0.15, -0.1) is 0 Å². The van der Waals surface area contributed by atoms with Gasteiger partial charge in [-0.2, -0.15) is 0 Å². The predicted octanol–water partition coefficient (Wildman–Crippen LogP) is 2.64. The largest absolute Gasteiger partial charge is 0.320 e. The number of rotatable bonds is 4. The molecular formula is C15H24N2O. The number of aryl methyl sites for hydroxylation is 2. The Balaban J connectivity index is 2.92. The summed E-state index contributed by atoms with van der Waals surface area (Å²) in [6.45, 7) is 8.12. The van der Waals surface area contributed by atoms with Crippen LogP contribution in [0.15, 0.2) is 18.2 Å². The van der Waals surface area contributed by atoms with Crippen LogP contribution in [-0.2, 0) is 4.79 Å². The number of carbonyl (C=O) groups is 1. The standard InChI is InChI=1S/C15H24N2O/c1-6-12(4)14(16)15(18)17(5)13-8-10(2)7-11(3)9-13/h7-9,12,14H,6,16H2,1-5H3/t12-,14-/m0/s1. The molecule has 0 spiro atoms. The molecular weight excluding hydrogens is 224 g/mol. The van der Waals surface area contributed by atoms with E-state index < -0.39 is 6.04 Å². The van der Waals surface area contributed by atoms with E-state index in [1.54, 1.807) is 11.9 Å². The summed E-state index contributed by atoms with van der Waals surface area (Å²) in [6.07, 6.45) is 0.910. The smallest absolute Gasteiger partial charge is 0.243 e. The Morgan fingerprint density at radius 3 is 2.22 bits per heavy atom. The van der Waals surface area contributed by atoms with Crippen molar-refractivity contribution in [1.82, 2.24) is 0 Å². The van der Waals surface area contributed by atoms with Crippen molar-refractivity contribution in [2.75, 3.05) is 11.9 Å². The van der Waals surface area contributed by atoms with Crippen LogP contribution in [0.2, 0.25) is 0 Å². The molecule has 0 unspecified atom stereocenters. The zero-order valence-electron chi connectivity index (χ0n) is 12.0. The van der Waals surface area contributed by atoms with Crippen molar-refractivity contribution in [2.45, 2.75) is 40.2 Å². The van der Waals surface area contributed by atoms with Crippen molar-refractivity contribution in [2.24, 2.45) is 11.7 Å². The Morgan fingerprint density at radius 2 is 1.78 bits per heavy atom. The second-order valence-electron chi connectivity index (χ2n) is 5.15. The van der Waals surface area contributed by atoms with E-state index in [4.69, 9.17) is 5.73 Å². The second kappa shape index (κ2) is 6.01. The van der Waals surface area contributed by atoms with E-state index in [0.29, 0.717) is 0 Å². The molecule has 2 atom stereocenters. The van der Waals surface area contributed by atoms with Crippen LogP contribution in [0.4, 0.5) is 5.69 Å². The van der Waals surface area contributed by atoms with Gasteiger partial charge >= 0.3 is 0 Å². The molecule has 0 fully saturated rings. The Bertz CT molecular complexity index is 408. The van der Waals surface area contributed by atoms with Crippen molar-refractivity contribution in [3.8, 4) is 0 Å². The van der Waals surface area contributed by atoms with Crippen molar-refractivity contribution < 1.29 is 4.79 Å². The first kappa shape index (κ1) is 14.7. The molecule has 1 amide bonds.